The molecule has 102 valence electrons. The number of aromatic nitrogens is 4. The van der Waals surface area contributed by atoms with E-state index in [2.05, 4.69) is 14.7 Å². The largest absolute Gasteiger partial charge is 0.383 e. The molecule has 0 aromatic carbocycles. The van der Waals surface area contributed by atoms with Gasteiger partial charge in [-0.1, -0.05) is 23.0 Å². The fourth-order valence-corrected chi connectivity index (χ4v) is 2.57. The molecule has 0 radical (unpaired) electrons. The summed E-state index contributed by atoms with van der Waals surface area (Å²) in [6, 6.07) is 0. The Bertz CT molecular complexity index is 581. The Balaban J connectivity index is 2.35. The van der Waals surface area contributed by atoms with E-state index >= 15 is 0 Å². The first-order valence-corrected chi connectivity index (χ1v) is 6.90. The van der Waals surface area contributed by atoms with Gasteiger partial charge in [-0.3, -0.25) is 9.48 Å². The topological polar surface area (TPSA) is 69.9 Å². The van der Waals surface area contributed by atoms with Gasteiger partial charge < -0.3 is 4.74 Å². The van der Waals surface area contributed by atoms with Gasteiger partial charge in [-0.25, -0.2) is 0 Å². The van der Waals surface area contributed by atoms with E-state index in [0.29, 0.717) is 40.9 Å². The summed E-state index contributed by atoms with van der Waals surface area (Å²) in [6.45, 7) is 2.86. The van der Waals surface area contributed by atoms with Gasteiger partial charge in [0, 0.05) is 7.11 Å². The van der Waals surface area contributed by atoms with Crippen molar-refractivity contribution < 1.29 is 9.53 Å². The number of ketones is 1. The zero-order valence-corrected chi connectivity index (χ0v) is 12.2. The number of hydrogen-bond acceptors (Lipinski definition) is 6. The third kappa shape index (κ3) is 2.83. The van der Waals surface area contributed by atoms with E-state index in [9.17, 15) is 4.79 Å². The van der Waals surface area contributed by atoms with Crippen LogP contribution in [0.3, 0.4) is 0 Å². The zero-order chi connectivity index (χ0) is 13.8. The maximum atomic E-state index is 12.5. The van der Waals surface area contributed by atoms with Crippen LogP contribution >= 0.6 is 23.1 Å². The van der Waals surface area contributed by atoms with Crippen LogP contribution in [0.5, 0.6) is 0 Å². The summed E-state index contributed by atoms with van der Waals surface area (Å²) in [4.78, 5) is 13.0. The van der Waals surface area contributed by atoms with Crippen LogP contribution in [0.15, 0.2) is 6.20 Å². The number of rotatable bonds is 6. The van der Waals surface area contributed by atoms with Crippen LogP contribution in [-0.2, 0) is 17.7 Å². The van der Waals surface area contributed by atoms with Gasteiger partial charge in [-0.2, -0.15) is 5.10 Å². The summed E-state index contributed by atoms with van der Waals surface area (Å²) >= 11 is 7.13. The first kappa shape index (κ1) is 14.1. The quantitative estimate of drug-likeness (QED) is 0.761. The lowest BCUT2D eigenvalue weighted by Crippen LogP contribution is -2.15. The van der Waals surface area contributed by atoms with Crippen molar-refractivity contribution in [3.63, 3.8) is 0 Å². The number of aryl methyl sites for hydroxylation is 1. The molecule has 0 atom stereocenters. The number of carbonyl (C=O) groups excluding carboxylic acids is 1. The maximum Gasteiger partial charge on any atom is 0.226 e. The molecule has 2 rings (SSSR count). The van der Waals surface area contributed by atoms with E-state index in [-0.39, 0.29) is 5.78 Å². The van der Waals surface area contributed by atoms with Gasteiger partial charge >= 0.3 is 0 Å². The predicted molar refractivity (Wildman–Crippen MR) is 71.8 cm³/mol. The minimum Gasteiger partial charge on any atom is -0.383 e. The molecule has 0 spiro atoms. The van der Waals surface area contributed by atoms with Crippen LogP contribution in [0, 0.1) is 0 Å². The summed E-state index contributed by atoms with van der Waals surface area (Å²) in [5.74, 6) is -0.189. The van der Waals surface area contributed by atoms with Gasteiger partial charge in [0.05, 0.1) is 30.1 Å². The fraction of sp³-hybridized carbons (Fsp3) is 0.455. The molecule has 0 fully saturated rings. The molecule has 2 aromatic heterocycles. The Labute approximate surface area is 119 Å². The standard InChI is InChI=1S/C11H13ClN4O2S/c1-3-8-11(19-15-14-8)10(17)9-7(12)6-13-16(9)4-5-18-2/h6H,3-5H2,1-2H3. The van der Waals surface area contributed by atoms with E-state index < -0.39 is 0 Å². The second kappa shape index (κ2) is 6.23. The smallest absolute Gasteiger partial charge is 0.226 e. The van der Waals surface area contributed by atoms with Crippen LogP contribution < -0.4 is 0 Å². The molecule has 19 heavy (non-hydrogen) atoms. The first-order valence-electron chi connectivity index (χ1n) is 5.75. The Morgan fingerprint density at radius 1 is 1.58 bits per heavy atom. The van der Waals surface area contributed by atoms with Crippen molar-refractivity contribution in [2.75, 3.05) is 13.7 Å². The van der Waals surface area contributed by atoms with Crippen molar-refractivity contribution in [2.45, 2.75) is 19.9 Å². The van der Waals surface area contributed by atoms with Gasteiger partial charge in [-0.05, 0) is 18.0 Å². The van der Waals surface area contributed by atoms with E-state index in [1.54, 1.807) is 11.8 Å². The highest BCUT2D eigenvalue weighted by atomic mass is 35.5. The lowest BCUT2D eigenvalue weighted by molar-refractivity contribution is 0.102. The van der Waals surface area contributed by atoms with Gasteiger partial charge in [0.1, 0.15) is 10.6 Å². The molecule has 0 amide bonds. The molecule has 8 heteroatoms. The van der Waals surface area contributed by atoms with Crippen LogP contribution in [-0.4, -0.2) is 38.9 Å². The second-order valence-corrected chi connectivity index (χ2v) is 4.95. The number of halogens is 1. The molecule has 0 bridgehead atoms. The van der Waals surface area contributed by atoms with E-state index in [1.807, 2.05) is 6.92 Å². The molecule has 0 aliphatic heterocycles. The monoisotopic (exact) mass is 300 g/mol. The van der Waals surface area contributed by atoms with Crippen molar-refractivity contribution in [1.82, 2.24) is 19.4 Å². The van der Waals surface area contributed by atoms with Crippen LogP contribution in [0.25, 0.3) is 0 Å². The third-order valence-corrected chi connectivity index (χ3v) is 3.66. The number of methoxy groups -OCH3 is 1. The molecule has 0 N–H and O–H groups in total. The Kier molecular flexibility index (Phi) is 4.62. The van der Waals surface area contributed by atoms with Crippen molar-refractivity contribution in [1.29, 1.82) is 0 Å². The Hall–Kier alpha value is -1.31. The lowest BCUT2D eigenvalue weighted by Gasteiger charge is -2.06. The van der Waals surface area contributed by atoms with Crippen molar-refractivity contribution in [3.8, 4) is 0 Å². The molecule has 0 saturated carbocycles. The van der Waals surface area contributed by atoms with Gasteiger partial charge in [0.15, 0.2) is 0 Å². The second-order valence-electron chi connectivity index (χ2n) is 3.79. The SMILES string of the molecule is CCc1nnsc1C(=O)c1c(Cl)cnn1CCOC. The predicted octanol–water partition coefficient (Wildman–Crippen LogP) is 1.83. The molecule has 6 nitrogen and oxygen atoms in total. The minimum absolute atomic E-state index is 0.189. The van der Waals surface area contributed by atoms with Crippen LogP contribution in [0.1, 0.15) is 28.0 Å². The van der Waals surface area contributed by atoms with Crippen molar-refractivity contribution >= 4 is 28.9 Å². The molecular formula is C11H13ClN4O2S. The number of hydrogen-bond donors (Lipinski definition) is 0. The normalized spacial score (nSPS) is 10.9. The average Bonchev–Trinajstić information content (AvgIpc) is 3.02. The average molecular weight is 301 g/mol. The fourth-order valence-electron chi connectivity index (χ4n) is 1.66. The molecule has 0 aliphatic carbocycles. The Morgan fingerprint density at radius 2 is 2.37 bits per heavy atom. The van der Waals surface area contributed by atoms with E-state index in [4.69, 9.17) is 16.3 Å². The van der Waals surface area contributed by atoms with Gasteiger partial charge in [-0.15, -0.1) is 5.10 Å². The number of nitrogens with zero attached hydrogens (tertiary/aromatic N) is 4. The molecule has 2 aromatic rings. The number of carbonyl (C=O) groups is 1. The van der Waals surface area contributed by atoms with Gasteiger partial charge in [0.2, 0.25) is 5.78 Å². The Morgan fingerprint density at radius 3 is 3.05 bits per heavy atom. The summed E-state index contributed by atoms with van der Waals surface area (Å²) < 4.78 is 10.4. The summed E-state index contributed by atoms with van der Waals surface area (Å²) in [6.07, 6.45) is 2.12. The van der Waals surface area contributed by atoms with Crippen LogP contribution in [0.4, 0.5) is 0 Å². The highest BCUT2D eigenvalue weighted by molar-refractivity contribution is 7.08. The summed E-state index contributed by atoms with van der Waals surface area (Å²) in [7, 11) is 1.59. The number of ether oxygens (including phenoxy) is 1. The van der Waals surface area contributed by atoms with Crippen molar-refractivity contribution in [3.05, 3.63) is 27.5 Å². The molecule has 0 unspecified atom stereocenters. The highest BCUT2D eigenvalue weighted by Gasteiger charge is 2.23. The van der Waals surface area contributed by atoms with Crippen molar-refractivity contribution in [2.24, 2.45) is 0 Å². The van der Waals surface area contributed by atoms with Gasteiger partial charge in [0.25, 0.3) is 0 Å². The first-order chi connectivity index (χ1) is 9.19. The van der Waals surface area contributed by atoms with E-state index in [1.165, 1.54) is 6.20 Å². The van der Waals surface area contributed by atoms with E-state index in [0.717, 1.165) is 11.5 Å². The lowest BCUT2D eigenvalue weighted by atomic mass is 10.2. The minimum atomic E-state index is -0.189. The summed E-state index contributed by atoms with van der Waals surface area (Å²) in [5, 5.41) is 8.35. The zero-order valence-electron chi connectivity index (χ0n) is 10.6. The molecule has 2 heterocycles. The highest BCUT2D eigenvalue weighted by Crippen LogP contribution is 2.22. The third-order valence-electron chi connectivity index (χ3n) is 2.61. The summed E-state index contributed by atoms with van der Waals surface area (Å²) in [5.41, 5.74) is 1.05. The molecule has 0 saturated heterocycles. The molecular weight excluding hydrogens is 288 g/mol. The maximum absolute atomic E-state index is 12.5. The van der Waals surface area contributed by atoms with Crippen LogP contribution in [0.2, 0.25) is 5.02 Å². The molecule has 0 aliphatic rings.